The quantitative estimate of drug-likeness (QED) is 0.769. The van der Waals surface area contributed by atoms with E-state index in [1.165, 1.54) is 23.3 Å². The van der Waals surface area contributed by atoms with Crippen molar-refractivity contribution in [3.63, 3.8) is 0 Å². The molecule has 0 aliphatic carbocycles. The summed E-state index contributed by atoms with van der Waals surface area (Å²) in [5.74, 6) is 0.607. The topological polar surface area (TPSA) is 66.8 Å². The van der Waals surface area contributed by atoms with Crippen LogP contribution in [0.4, 0.5) is 11.1 Å². The zero-order valence-corrected chi connectivity index (χ0v) is 14.0. The van der Waals surface area contributed by atoms with E-state index in [0.717, 1.165) is 30.3 Å². The molecule has 1 saturated heterocycles. The minimum Gasteiger partial charge on any atom is -0.300 e. The van der Waals surface area contributed by atoms with Crippen LogP contribution >= 0.6 is 11.3 Å². The van der Waals surface area contributed by atoms with Crippen LogP contribution in [0.3, 0.4) is 0 Å². The molecule has 122 valence electrons. The Bertz CT molecular complexity index is 777. The predicted octanol–water partition coefficient (Wildman–Crippen LogP) is 3.41. The van der Waals surface area contributed by atoms with Gasteiger partial charge in [0.25, 0.3) is 0 Å². The van der Waals surface area contributed by atoms with Gasteiger partial charge in [0.05, 0.1) is 11.7 Å². The number of anilines is 2. The molecule has 1 N–H and O–H groups in total. The van der Waals surface area contributed by atoms with Gasteiger partial charge in [-0.15, -0.1) is 11.3 Å². The van der Waals surface area contributed by atoms with E-state index in [1.807, 2.05) is 36.1 Å². The maximum Gasteiger partial charge on any atom is 0.229 e. The van der Waals surface area contributed by atoms with Gasteiger partial charge in [0.15, 0.2) is 5.13 Å². The third kappa shape index (κ3) is 3.42. The maximum atomic E-state index is 4.71. The van der Waals surface area contributed by atoms with Crippen LogP contribution in [-0.4, -0.2) is 31.4 Å². The van der Waals surface area contributed by atoms with E-state index in [0.29, 0.717) is 12.0 Å². The highest BCUT2D eigenvalue weighted by Gasteiger charge is 2.27. The molecule has 3 aromatic rings. The van der Waals surface area contributed by atoms with Crippen molar-refractivity contribution in [2.24, 2.45) is 0 Å². The molecule has 0 aromatic carbocycles. The molecule has 7 heteroatoms. The molecular weight excluding hydrogens is 320 g/mol. The van der Waals surface area contributed by atoms with Gasteiger partial charge in [-0.05, 0) is 37.1 Å². The van der Waals surface area contributed by atoms with Gasteiger partial charge in [-0.3, -0.25) is 9.88 Å². The Morgan fingerprint density at radius 2 is 2.21 bits per heavy atom. The van der Waals surface area contributed by atoms with Gasteiger partial charge in [0, 0.05) is 36.7 Å². The van der Waals surface area contributed by atoms with Gasteiger partial charge in [0.1, 0.15) is 0 Å². The summed E-state index contributed by atoms with van der Waals surface area (Å²) < 4.78 is 0. The van der Waals surface area contributed by atoms with Gasteiger partial charge >= 0.3 is 0 Å². The highest BCUT2D eigenvalue weighted by Crippen LogP contribution is 2.32. The van der Waals surface area contributed by atoms with E-state index in [1.54, 1.807) is 6.20 Å². The lowest BCUT2D eigenvalue weighted by molar-refractivity contribution is 0.244. The van der Waals surface area contributed by atoms with Crippen LogP contribution in [0.15, 0.2) is 48.4 Å². The van der Waals surface area contributed by atoms with E-state index < -0.39 is 0 Å². The number of thiazole rings is 1. The van der Waals surface area contributed by atoms with Crippen LogP contribution in [0.25, 0.3) is 0 Å². The average molecular weight is 338 g/mol. The summed E-state index contributed by atoms with van der Waals surface area (Å²) in [6.45, 7) is 1.98. The minimum atomic E-state index is 0.324. The Kier molecular flexibility index (Phi) is 4.44. The van der Waals surface area contributed by atoms with Crippen LogP contribution in [0.5, 0.6) is 0 Å². The fourth-order valence-electron chi connectivity index (χ4n) is 3.08. The van der Waals surface area contributed by atoms with E-state index in [-0.39, 0.29) is 0 Å². The summed E-state index contributed by atoms with van der Waals surface area (Å²) in [7, 11) is 0. The number of pyridine rings is 1. The standard InChI is InChI=1S/C17H18N6S/c1-3-13(11-18-6-1)12-23-9-2-4-15(23)14-5-7-19-16(21-14)22-17-20-8-10-24-17/h1,3,5-8,10-11,15H,2,4,9,12H2,(H,19,20,21,22)/t15-/m0/s1. The lowest BCUT2D eigenvalue weighted by atomic mass is 10.1. The zero-order valence-electron chi connectivity index (χ0n) is 13.2. The maximum absolute atomic E-state index is 4.71. The van der Waals surface area contributed by atoms with Gasteiger partial charge in [-0.2, -0.15) is 0 Å². The summed E-state index contributed by atoms with van der Waals surface area (Å²) >= 11 is 1.54. The van der Waals surface area contributed by atoms with Gasteiger partial charge in [-0.25, -0.2) is 15.0 Å². The highest BCUT2D eigenvalue weighted by atomic mass is 32.1. The molecule has 0 unspecified atom stereocenters. The molecule has 0 amide bonds. The molecule has 6 nitrogen and oxygen atoms in total. The Balaban J connectivity index is 1.51. The Morgan fingerprint density at radius 1 is 1.21 bits per heavy atom. The van der Waals surface area contributed by atoms with Crippen molar-refractivity contribution in [1.29, 1.82) is 0 Å². The van der Waals surface area contributed by atoms with Gasteiger partial charge in [-0.1, -0.05) is 6.07 Å². The fourth-order valence-corrected chi connectivity index (χ4v) is 3.60. The second kappa shape index (κ2) is 7.02. The molecule has 4 heterocycles. The number of likely N-dealkylation sites (tertiary alicyclic amines) is 1. The lowest BCUT2D eigenvalue weighted by Gasteiger charge is -2.24. The predicted molar refractivity (Wildman–Crippen MR) is 94.1 cm³/mol. The van der Waals surface area contributed by atoms with Crippen molar-refractivity contribution in [2.75, 3.05) is 11.9 Å². The van der Waals surface area contributed by atoms with Crippen LogP contribution < -0.4 is 5.32 Å². The number of rotatable bonds is 5. The third-order valence-electron chi connectivity index (χ3n) is 4.14. The van der Waals surface area contributed by atoms with Gasteiger partial charge in [0.2, 0.25) is 5.95 Å². The Hall–Kier alpha value is -2.38. The molecule has 3 aromatic heterocycles. The first-order valence-electron chi connectivity index (χ1n) is 8.01. The summed E-state index contributed by atoms with van der Waals surface area (Å²) in [4.78, 5) is 19.9. The average Bonchev–Trinajstić information content (AvgIpc) is 3.28. The molecule has 1 aliphatic rings. The van der Waals surface area contributed by atoms with Crippen LogP contribution in [-0.2, 0) is 6.54 Å². The Labute approximate surface area is 144 Å². The largest absolute Gasteiger partial charge is 0.300 e. The molecule has 4 rings (SSSR count). The van der Waals surface area contributed by atoms with Crippen molar-refractivity contribution in [3.8, 4) is 0 Å². The number of nitrogens with zero attached hydrogens (tertiary/aromatic N) is 5. The third-order valence-corrected chi connectivity index (χ3v) is 4.83. The Morgan fingerprint density at radius 3 is 3.04 bits per heavy atom. The van der Waals surface area contributed by atoms with Crippen molar-refractivity contribution < 1.29 is 0 Å². The van der Waals surface area contributed by atoms with E-state index in [2.05, 4.69) is 31.2 Å². The van der Waals surface area contributed by atoms with Gasteiger partial charge < -0.3 is 5.32 Å². The smallest absolute Gasteiger partial charge is 0.229 e. The number of nitrogens with one attached hydrogen (secondary N) is 1. The summed E-state index contributed by atoms with van der Waals surface area (Å²) in [6.07, 6.45) is 9.64. The van der Waals surface area contributed by atoms with Crippen molar-refractivity contribution in [1.82, 2.24) is 24.8 Å². The molecule has 0 spiro atoms. The normalized spacial score (nSPS) is 17.9. The van der Waals surface area contributed by atoms with E-state index in [9.17, 15) is 0 Å². The van der Waals surface area contributed by atoms with Crippen molar-refractivity contribution in [2.45, 2.75) is 25.4 Å². The molecular formula is C17H18N6S. The highest BCUT2D eigenvalue weighted by molar-refractivity contribution is 7.13. The number of hydrogen-bond donors (Lipinski definition) is 1. The first-order chi connectivity index (χ1) is 11.9. The minimum absolute atomic E-state index is 0.324. The molecule has 0 radical (unpaired) electrons. The molecule has 24 heavy (non-hydrogen) atoms. The molecule has 1 fully saturated rings. The van der Waals surface area contributed by atoms with Crippen LogP contribution in [0, 0.1) is 0 Å². The summed E-state index contributed by atoms with van der Waals surface area (Å²) in [5, 5.41) is 5.91. The fraction of sp³-hybridized carbons (Fsp3) is 0.294. The lowest BCUT2D eigenvalue weighted by Crippen LogP contribution is -2.23. The SMILES string of the molecule is c1cncc(CN2CCC[C@H]2c2ccnc(Nc3nccs3)n2)c1. The first-order valence-corrected chi connectivity index (χ1v) is 8.89. The molecule has 1 aliphatic heterocycles. The zero-order chi connectivity index (χ0) is 16.2. The van der Waals surface area contributed by atoms with Crippen LogP contribution in [0.2, 0.25) is 0 Å². The van der Waals surface area contributed by atoms with Crippen molar-refractivity contribution >= 4 is 22.4 Å². The second-order valence-electron chi connectivity index (χ2n) is 5.76. The number of hydrogen-bond acceptors (Lipinski definition) is 7. The van der Waals surface area contributed by atoms with Crippen LogP contribution in [0.1, 0.15) is 30.1 Å². The molecule has 0 bridgehead atoms. The monoisotopic (exact) mass is 338 g/mol. The molecule has 0 saturated carbocycles. The van der Waals surface area contributed by atoms with E-state index >= 15 is 0 Å². The first kappa shape index (κ1) is 15.2. The summed E-state index contributed by atoms with van der Waals surface area (Å²) in [5.41, 5.74) is 2.30. The molecule has 1 atom stereocenters. The summed E-state index contributed by atoms with van der Waals surface area (Å²) in [6, 6.07) is 6.45. The second-order valence-corrected chi connectivity index (χ2v) is 6.65. The number of aromatic nitrogens is 4. The van der Waals surface area contributed by atoms with Crippen molar-refractivity contribution in [3.05, 3.63) is 59.6 Å². The van der Waals surface area contributed by atoms with E-state index in [4.69, 9.17) is 4.98 Å².